The molecule has 0 saturated carbocycles. The van der Waals surface area contributed by atoms with Crippen LogP contribution in [0.5, 0.6) is 0 Å². The second kappa shape index (κ2) is 8.09. The van der Waals surface area contributed by atoms with Crippen LogP contribution in [0.15, 0.2) is 0 Å². The van der Waals surface area contributed by atoms with Gasteiger partial charge in [0.2, 0.25) is 0 Å². The van der Waals surface area contributed by atoms with Crippen molar-refractivity contribution in [2.24, 2.45) is 0 Å². The highest BCUT2D eigenvalue weighted by Crippen LogP contribution is 2.04. The average molecular weight is 303 g/mol. The molecule has 0 aromatic heterocycles. The SMILES string of the molecule is O=C(O)CN(C(=O)CCl)N(CC(O)O)C(=O)CCl. The maximum atomic E-state index is 11.4. The highest BCUT2D eigenvalue weighted by Gasteiger charge is 2.28. The van der Waals surface area contributed by atoms with E-state index in [4.69, 9.17) is 38.5 Å². The molecule has 0 fully saturated rings. The second-order valence-electron chi connectivity index (χ2n) is 3.07. The molecule has 0 atom stereocenters. The number of hydrazine groups is 1. The highest BCUT2D eigenvalue weighted by atomic mass is 35.5. The number of hydrogen-bond acceptors (Lipinski definition) is 5. The van der Waals surface area contributed by atoms with Crippen LogP contribution in [0.4, 0.5) is 0 Å². The van der Waals surface area contributed by atoms with E-state index in [1.807, 2.05) is 0 Å². The van der Waals surface area contributed by atoms with E-state index in [9.17, 15) is 14.4 Å². The smallest absolute Gasteiger partial charge is 0.325 e. The van der Waals surface area contributed by atoms with Crippen molar-refractivity contribution in [2.75, 3.05) is 24.8 Å². The van der Waals surface area contributed by atoms with Gasteiger partial charge in [-0.05, 0) is 0 Å². The van der Waals surface area contributed by atoms with E-state index in [-0.39, 0.29) is 0 Å². The second-order valence-corrected chi connectivity index (χ2v) is 3.60. The molecular formula is C8H12Cl2N2O6. The molecule has 2 amide bonds. The van der Waals surface area contributed by atoms with Crippen molar-refractivity contribution >= 4 is 41.0 Å². The number of hydrogen-bond donors (Lipinski definition) is 3. The van der Waals surface area contributed by atoms with Crippen LogP contribution < -0.4 is 0 Å². The minimum Gasteiger partial charge on any atom is -0.480 e. The summed E-state index contributed by atoms with van der Waals surface area (Å²) in [6.07, 6.45) is -1.95. The lowest BCUT2D eigenvalue weighted by Gasteiger charge is -2.33. The molecule has 0 heterocycles. The van der Waals surface area contributed by atoms with Crippen LogP contribution in [0.25, 0.3) is 0 Å². The predicted molar refractivity (Wildman–Crippen MR) is 60.7 cm³/mol. The molecule has 18 heavy (non-hydrogen) atoms. The molecule has 0 spiro atoms. The number of carbonyl (C=O) groups is 3. The number of aliphatic hydroxyl groups is 2. The van der Waals surface area contributed by atoms with E-state index in [0.717, 1.165) is 0 Å². The van der Waals surface area contributed by atoms with Gasteiger partial charge in [-0.3, -0.25) is 14.4 Å². The maximum absolute atomic E-state index is 11.4. The zero-order valence-electron chi connectivity index (χ0n) is 9.12. The molecule has 0 aromatic carbocycles. The molecule has 0 unspecified atom stereocenters. The Hall–Kier alpha value is -1.09. The summed E-state index contributed by atoms with van der Waals surface area (Å²) in [7, 11) is 0. The summed E-state index contributed by atoms with van der Waals surface area (Å²) in [5, 5.41) is 27.3. The number of carboxylic acid groups (broad SMARTS) is 1. The first-order valence-corrected chi connectivity index (χ1v) is 5.70. The Morgan fingerprint density at radius 2 is 1.44 bits per heavy atom. The van der Waals surface area contributed by atoms with E-state index in [0.29, 0.717) is 10.0 Å². The minimum absolute atomic E-state index is 0.499. The molecule has 0 aliphatic rings. The van der Waals surface area contributed by atoms with E-state index in [1.54, 1.807) is 0 Å². The van der Waals surface area contributed by atoms with E-state index >= 15 is 0 Å². The van der Waals surface area contributed by atoms with E-state index < -0.39 is 48.9 Å². The summed E-state index contributed by atoms with van der Waals surface area (Å²) in [5.74, 6) is -4.25. The number of rotatable bonds is 6. The largest absolute Gasteiger partial charge is 0.480 e. The van der Waals surface area contributed by atoms with Gasteiger partial charge in [-0.2, -0.15) is 0 Å². The summed E-state index contributed by atoms with van der Waals surface area (Å²) in [4.78, 5) is 33.5. The lowest BCUT2D eigenvalue weighted by molar-refractivity contribution is -0.175. The van der Waals surface area contributed by atoms with Crippen molar-refractivity contribution in [3.8, 4) is 0 Å². The van der Waals surface area contributed by atoms with E-state index in [1.165, 1.54) is 0 Å². The maximum Gasteiger partial charge on any atom is 0.325 e. The van der Waals surface area contributed by atoms with Gasteiger partial charge in [0.05, 0.1) is 6.54 Å². The van der Waals surface area contributed by atoms with Crippen LogP contribution in [0, 0.1) is 0 Å². The zero-order valence-corrected chi connectivity index (χ0v) is 10.6. The van der Waals surface area contributed by atoms with Crippen LogP contribution in [-0.2, 0) is 14.4 Å². The highest BCUT2D eigenvalue weighted by molar-refractivity contribution is 6.28. The van der Waals surface area contributed by atoms with Gasteiger partial charge in [-0.25, -0.2) is 10.0 Å². The van der Waals surface area contributed by atoms with Crippen LogP contribution in [0.2, 0.25) is 0 Å². The fourth-order valence-corrected chi connectivity index (χ4v) is 1.34. The number of aliphatic hydroxyl groups excluding tert-OH is 1. The monoisotopic (exact) mass is 302 g/mol. The summed E-state index contributed by atoms with van der Waals surface area (Å²) < 4.78 is 0. The summed E-state index contributed by atoms with van der Waals surface area (Å²) in [6.45, 7) is -1.54. The molecule has 8 nitrogen and oxygen atoms in total. The quantitative estimate of drug-likeness (QED) is 0.310. The Morgan fingerprint density at radius 3 is 1.78 bits per heavy atom. The molecule has 0 saturated heterocycles. The van der Waals surface area contributed by atoms with Crippen molar-refractivity contribution in [3.05, 3.63) is 0 Å². The van der Waals surface area contributed by atoms with Gasteiger partial charge in [0.25, 0.3) is 11.8 Å². The molecule has 0 aliphatic heterocycles. The zero-order chi connectivity index (χ0) is 14.3. The van der Waals surface area contributed by atoms with Gasteiger partial charge >= 0.3 is 5.97 Å². The first kappa shape index (κ1) is 16.9. The fourth-order valence-electron chi connectivity index (χ4n) is 1.06. The molecule has 0 bridgehead atoms. The third-order valence-electron chi connectivity index (χ3n) is 1.72. The molecule has 104 valence electrons. The number of aliphatic carboxylic acids is 1. The first-order chi connectivity index (χ1) is 8.33. The van der Waals surface area contributed by atoms with Gasteiger partial charge in [-0.1, -0.05) is 0 Å². The predicted octanol–water partition coefficient (Wildman–Crippen LogP) is -1.57. The van der Waals surface area contributed by atoms with Gasteiger partial charge in [-0.15, -0.1) is 23.2 Å². The molecule has 0 radical (unpaired) electrons. The standard InChI is InChI=1S/C8H12Cl2N2O6/c9-1-5(13)11(3-7(15)16)12(4-8(17)18)6(14)2-10/h7,15-16H,1-4H2,(H,17,18). The van der Waals surface area contributed by atoms with Crippen LogP contribution >= 0.6 is 23.2 Å². The normalized spacial score (nSPS) is 10.3. The van der Waals surface area contributed by atoms with Crippen LogP contribution in [-0.4, -0.2) is 74.3 Å². The van der Waals surface area contributed by atoms with Crippen LogP contribution in [0.1, 0.15) is 0 Å². The van der Waals surface area contributed by atoms with E-state index in [2.05, 4.69) is 0 Å². The molecular weight excluding hydrogens is 291 g/mol. The third-order valence-corrected chi connectivity index (χ3v) is 2.17. The number of halogens is 2. The summed E-state index contributed by atoms with van der Waals surface area (Å²) >= 11 is 10.6. The molecule has 0 rings (SSSR count). The number of carboxylic acids is 1. The molecule has 10 heteroatoms. The molecule has 3 N–H and O–H groups in total. The Labute approximate surface area is 112 Å². The van der Waals surface area contributed by atoms with Gasteiger partial charge in [0.15, 0.2) is 6.29 Å². The Kier molecular flexibility index (Phi) is 7.60. The summed E-state index contributed by atoms with van der Waals surface area (Å²) in [6, 6.07) is 0. The van der Waals surface area contributed by atoms with Crippen molar-refractivity contribution in [2.45, 2.75) is 6.29 Å². The Balaban J connectivity index is 5.11. The van der Waals surface area contributed by atoms with Crippen LogP contribution in [0.3, 0.4) is 0 Å². The van der Waals surface area contributed by atoms with Gasteiger partial charge < -0.3 is 15.3 Å². The number of alkyl halides is 2. The topological polar surface area (TPSA) is 118 Å². The Bertz CT molecular complexity index is 325. The molecule has 0 aliphatic carbocycles. The van der Waals surface area contributed by atoms with Gasteiger partial charge in [0.1, 0.15) is 18.3 Å². The number of nitrogens with zero attached hydrogens (tertiary/aromatic N) is 2. The fraction of sp³-hybridized carbons (Fsp3) is 0.625. The lowest BCUT2D eigenvalue weighted by atomic mass is 10.5. The Morgan fingerprint density at radius 1 is 1.00 bits per heavy atom. The number of carbonyl (C=O) groups excluding carboxylic acids is 2. The molecule has 0 aromatic rings. The van der Waals surface area contributed by atoms with Crippen molar-refractivity contribution in [3.63, 3.8) is 0 Å². The number of amides is 2. The van der Waals surface area contributed by atoms with Crippen molar-refractivity contribution in [1.82, 2.24) is 10.0 Å². The average Bonchev–Trinajstić information content (AvgIpc) is 2.30. The first-order valence-electron chi connectivity index (χ1n) is 4.64. The van der Waals surface area contributed by atoms with Crippen molar-refractivity contribution in [1.29, 1.82) is 0 Å². The lowest BCUT2D eigenvalue weighted by Crippen LogP contribution is -2.55. The van der Waals surface area contributed by atoms with Gasteiger partial charge in [0, 0.05) is 0 Å². The third kappa shape index (κ3) is 5.50. The minimum atomic E-state index is -1.95. The summed E-state index contributed by atoms with van der Waals surface area (Å²) in [5.41, 5.74) is 0. The van der Waals surface area contributed by atoms with Crippen molar-refractivity contribution < 1.29 is 29.7 Å².